The number of hydrogen-bond donors (Lipinski definition) is 3. The molecule has 3 rings (SSSR count). The summed E-state index contributed by atoms with van der Waals surface area (Å²) in [5.74, 6) is -0.0768. The third-order valence-corrected chi connectivity index (χ3v) is 7.29. The fourth-order valence-electron chi connectivity index (χ4n) is 5.28. The summed E-state index contributed by atoms with van der Waals surface area (Å²) >= 11 is 0. The van der Waals surface area contributed by atoms with Crippen LogP contribution in [0.15, 0.2) is 11.6 Å². The number of likely N-dealkylation sites (N-methyl/N-ethyl adjacent to an activating group) is 1. The normalized spacial score (nSPS) is 32.0. The number of nitrogens with one attached hydrogen (secondary N) is 3. The molecule has 0 aromatic heterocycles. The average molecular weight is 528 g/mol. The average Bonchev–Trinajstić information content (AvgIpc) is 3.77. The van der Waals surface area contributed by atoms with Gasteiger partial charge in [-0.15, -0.1) is 0 Å². The number of epoxide rings is 2. The molecule has 0 aromatic carbocycles. The van der Waals surface area contributed by atoms with Crippen LogP contribution in [0, 0.1) is 5.92 Å². The van der Waals surface area contributed by atoms with Gasteiger partial charge in [-0.2, -0.15) is 0 Å². The molecule has 2 aliphatic heterocycles. The molecule has 0 radical (unpaired) electrons. The Morgan fingerprint density at radius 1 is 1.08 bits per heavy atom. The monoisotopic (exact) mass is 527 g/mol. The minimum absolute atomic E-state index is 0.00734. The molecule has 1 aliphatic carbocycles. The van der Waals surface area contributed by atoms with Crippen molar-refractivity contribution in [2.24, 2.45) is 5.92 Å². The van der Waals surface area contributed by atoms with Crippen molar-refractivity contribution in [1.82, 2.24) is 16.0 Å². The molecule has 37 heavy (non-hydrogen) atoms. The van der Waals surface area contributed by atoms with Crippen molar-refractivity contribution in [3.05, 3.63) is 11.6 Å². The van der Waals surface area contributed by atoms with Gasteiger partial charge in [-0.1, -0.05) is 11.6 Å². The molecule has 11 heteroatoms. The molecule has 2 heterocycles. The van der Waals surface area contributed by atoms with Crippen molar-refractivity contribution in [3.8, 4) is 0 Å². The topological polar surface area (TPSA) is 132 Å². The number of amides is 2. The molecule has 6 atom stereocenters. The summed E-state index contributed by atoms with van der Waals surface area (Å²) in [6, 6.07) is 0. The first kappa shape index (κ1) is 29.8. The van der Waals surface area contributed by atoms with Crippen molar-refractivity contribution in [1.29, 1.82) is 0 Å². The van der Waals surface area contributed by atoms with Crippen LogP contribution >= 0.6 is 0 Å². The van der Waals surface area contributed by atoms with E-state index in [0.717, 1.165) is 12.8 Å². The number of ether oxygens (including phenoxy) is 6. The maximum Gasteiger partial charge on any atom is 0.407 e. The highest BCUT2D eigenvalue weighted by molar-refractivity contribution is 5.77. The smallest absolute Gasteiger partial charge is 0.407 e. The zero-order valence-corrected chi connectivity index (χ0v) is 22.9. The number of carbonyl (C=O) groups is 2. The number of rotatable bonds is 16. The molecular formula is C26H45N3O8. The molecular weight excluding hydrogens is 482 g/mol. The largest absolute Gasteiger partial charge is 0.443 e. The maximum atomic E-state index is 12.5. The van der Waals surface area contributed by atoms with E-state index >= 15 is 0 Å². The summed E-state index contributed by atoms with van der Waals surface area (Å²) in [5.41, 5.74) is 0.651. The van der Waals surface area contributed by atoms with Crippen LogP contribution in [0.3, 0.4) is 0 Å². The molecule has 3 N–H and O–H groups in total. The third kappa shape index (κ3) is 8.36. The Hall–Kier alpha value is -1.76. The van der Waals surface area contributed by atoms with Crippen LogP contribution in [0.25, 0.3) is 0 Å². The number of methoxy groups -OCH3 is 1. The first-order chi connectivity index (χ1) is 17.8. The Labute approximate surface area is 220 Å². The van der Waals surface area contributed by atoms with E-state index in [1.54, 1.807) is 14.2 Å². The molecule has 3 unspecified atom stereocenters. The van der Waals surface area contributed by atoms with Crippen LogP contribution in [0.1, 0.15) is 40.0 Å². The summed E-state index contributed by atoms with van der Waals surface area (Å²) in [4.78, 5) is 23.8. The second kappa shape index (κ2) is 13.9. The summed E-state index contributed by atoms with van der Waals surface area (Å²) in [6.45, 7) is 9.60. The fraction of sp³-hybridized carbons (Fsp3) is 0.846. The summed E-state index contributed by atoms with van der Waals surface area (Å²) in [6.07, 6.45) is 3.48. The minimum Gasteiger partial charge on any atom is -0.443 e. The number of alkyl carbamates (subject to hydrolysis) is 1. The quantitative estimate of drug-likeness (QED) is 0.154. The SMILES string of the molecule is CNCC(=O)NCCOCCOCCNC(=O)OC1CC[C@]2(CO2)C([C@]2(C)O[C@@H]2CC=C(C)C)C1OC. The lowest BCUT2D eigenvalue weighted by molar-refractivity contribution is -0.120. The molecule has 2 saturated heterocycles. The van der Waals surface area contributed by atoms with Gasteiger partial charge < -0.3 is 44.4 Å². The second-order valence-electron chi connectivity index (χ2n) is 10.4. The molecule has 0 aromatic rings. The zero-order valence-electron chi connectivity index (χ0n) is 22.9. The predicted octanol–water partition coefficient (Wildman–Crippen LogP) is 1.16. The van der Waals surface area contributed by atoms with Crippen molar-refractivity contribution < 1.29 is 38.0 Å². The van der Waals surface area contributed by atoms with E-state index < -0.39 is 6.09 Å². The highest BCUT2D eigenvalue weighted by Crippen LogP contribution is 2.59. The number of hydrogen-bond acceptors (Lipinski definition) is 9. The standard InChI is InChI=1S/C26H45N3O8/c1-18(2)6-7-20-25(3,37-20)23-22(32-5)19(8-9-26(23)17-35-26)36-24(31)29-11-13-34-15-14-33-12-10-28-21(30)16-27-4/h6,19-20,22-23,27H,7-17H2,1-5H3,(H,28,30)(H,29,31)/t19?,20-,22?,23?,25-,26+/m1/s1. The van der Waals surface area contributed by atoms with Gasteiger partial charge in [0.05, 0.1) is 51.6 Å². The van der Waals surface area contributed by atoms with E-state index in [-0.39, 0.29) is 47.9 Å². The summed E-state index contributed by atoms with van der Waals surface area (Å²) in [7, 11) is 3.38. The first-order valence-electron chi connectivity index (χ1n) is 13.2. The third-order valence-electron chi connectivity index (χ3n) is 7.29. The van der Waals surface area contributed by atoms with Crippen LogP contribution in [-0.4, -0.2) is 108 Å². The van der Waals surface area contributed by atoms with Gasteiger partial charge in [-0.25, -0.2) is 4.79 Å². The van der Waals surface area contributed by atoms with Gasteiger partial charge >= 0.3 is 6.09 Å². The van der Waals surface area contributed by atoms with Crippen LogP contribution in [-0.2, 0) is 33.2 Å². The van der Waals surface area contributed by atoms with Crippen LogP contribution in [0.5, 0.6) is 0 Å². The molecule has 11 nitrogen and oxygen atoms in total. The van der Waals surface area contributed by atoms with Crippen LogP contribution in [0.2, 0.25) is 0 Å². The van der Waals surface area contributed by atoms with Gasteiger partial charge in [-0.05, 0) is 47.1 Å². The van der Waals surface area contributed by atoms with Gasteiger partial charge in [0.25, 0.3) is 0 Å². The van der Waals surface area contributed by atoms with E-state index in [0.29, 0.717) is 52.5 Å². The number of allylic oxidation sites excluding steroid dienone is 1. The number of carbonyl (C=O) groups excluding carboxylic acids is 2. The maximum absolute atomic E-state index is 12.5. The molecule has 1 spiro atoms. The molecule has 2 amide bonds. The van der Waals surface area contributed by atoms with E-state index in [9.17, 15) is 9.59 Å². The fourth-order valence-corrected chi connectivity index (χ4v) is 5.28. The van der Waals surface area contributed by atoms with Gasteiger partial charge in [0.1, 0.15) is 23.4 Å². The molecule has 1 saturated carbocycles. The van der Waals surface area contributed by atoms with E-state index in [4.69, 9.17) is 28.4 Å². The van der Waals surface area contributed by atoms with Crippen molar-refractivity contribution >= 4 is 12.0 Å². The van der Waals surface area contributed by atoms with E-state index in [1.807, 2.05) is 0 Å². The minimum atomic E-state index is -0.487. The highest BCUT2D eigenvalue weighted by atomic mass is 16.6. The summed E-state index contributed by atoms with van der Waals surface area (Å²) < 4.78 is 34.7. The van der Waals surface area contributed by atoms with Crippen LogP contribution < -0.4 is 16.0 Å². The Balaban J connectivity index is 1.34. The van der Waals surface area contributed by atoms with Crippen molar-refractivity contribution in [2.75, 3.05) is 66.8 Å². The lowest BCUT2D eigenvalue weighted by Crippen LogP contribution is -2.56. The van der Waals surface area contributed by atoms with Gasteiger partial charge in [-0.3, -0.25) is 4.79 Å². The van der Waals surface area contributed by atoms with E-state index in [2.05, 4.69) is 42.8 Å². The van der Waals surface area contributed by atoms with Gasteiger partial charge in [0, 0.05) is 20.2 Å². The molecule has 0 bridgehead atoms. The summed E-state index contributed by atoms with van der Waals surface area (Å²) in [5, 5.41) is 8.26. The Bertz CT molecular complexity index is 786. The highest BCUT2D eigenvalue weighted by Gasteiger charge is 2.72. The Morgan fingerprint density at radius 3 is 2.35 bits per heavy atom. The molecule has 3 aliphatic rings. The first-order valence-corrected chi connectivity index (χ1v) is 13.2. The van der Waals surface area contributed by atoms with E-state index in [1.165, 1.54) is 5.57 Å². The predicted molar refractivity (Wildman–Crippen MR) is 136 cm³/mol. The lowest BCUT2D eigenvalue weighted by atomic mass is 9.68. The Morgan fingerprint density at radius 2 is 1.76 bits per heavy atom. The van der Waals surface area contributed by atoms with Crippen LogP contribution in [0.4, 0.5) is 4.79 Å². The van der Waals surface area contributed by atoms with Crippen molar-refractivity contribution in [3.63, 3.8) is 0 Å². The Kier molecular flexibility index (Phi) is 11.2. The van der Waals surface area contributed by atoms with Crippen molar-refractivity contribution in [2.45, 2.75) is 69.5 Å². The molecule has 3 fully saturated rings. The van der Waals surface area contributed by atoms with Gasteiger partial charge in [0.2, 0.25) is 5.91 Å². The molecule has 212 valence electrons. The second-order valence-corrected chi connectivity index (χ2v) is 10.4. The van der Waals surface area contributed by atoms with Gasteiger partial charge in [0.15, 0.2) is 0 Å². The zero-order chi connectivity index (χ0) is 26.9. The lowest BCUT2D eigenvalue weighted by Gasteiger charge is -2.42.